The van der Waals surface area contributed by atoms with Crippen LogP contribution in [-0.2, 0) is 16.6 Å². The Labute approximate surface area is 155 Å². The molecule has 0 heterocycles. The standard InChI is InChI=1S/C21H26ClNO2/c1-15(25-19-11-7-17(8-12-19)21(2,3)4)20(24)23-14-13-16-5-9-18(22)10-6-16/h5-12,15H,13-14H2,1-4H3,(H,23,24)/t15-/m0/s1. The molecule has 0 radical (unpaired) electrons. The highest BCUT2D eigenvalue weighted by Crippen LogP contribution is 2.24. The molecule has 3 nitrogen and oxygen atoms in total. The van der Waals surface area contributed by atoms with Crippen molar-refractivity contribution in [1.82, 2.24) is 5.32 Å². The van der Waals surface area contributed by atoms with Gasteiger partial charge in [0, 0.05) is 11.6 Å². The Kier molecular flexibility index (Phi) is 6.49. The van der Waals surface area contributed by atoms with Gasteiger partial charge in [-0.2, -0.15) is 0 Å². The second-order valence-electron chi connectivity index (χ2n) is 7.20. The molecular formula is C21H26ClNO2. The van der Waals surface area contributed by atoms with E-state index >= 15 is 0 Å². The van der Waals surface area contributed by atoms with Crippen LogP contribution in [0.4, 0.5) is 0 Å². The van der Waals surface area contributed by atoms with E-state index in [0.29, 0.717) is 17.3 Å². The number of rotatable bonds is 6. The molecular weight excluding hydrogens is 334 g/mol. The van der Waals surface area contributed by atoms with E-state index in [1.54, 1.807) is 6.92 Å². The van der Waals surface area contributed by atoms with Crippen LogP contribution in [0.15, 0.2) is 48.5 Å². The minimum absolute atomic E-state index is 0.100. The van der Waals surface area contributed by atoms with Crippen molar-refractivity contribution in [3.05, 3.63) is 64.7 Å². The third-order valence-electron chi connectivity index (χ3n) is 4.03. The molecule has 0 aliphatic carbocycles. The van der Waals surface area contributed by atoms with Crippen LogP contribution >= 0.6 is 11.6 Å². The van der Waals surface area contributed by atoms with Gasteiger partial charge in [0.05, 0.1) is 0 Å². The first-order chi connectivity index (χ1) is 11.8. The first kappa shape index (κ1) is 19.3. The molecule has 0 aliphatic heterocycles. The molecule has 0 spiro atoms. The van der Waals surface area contributed by atoms with E-state index in [2.05, 4.69) is 26.1 Å². The summed E-state index contributed by atoms with van der Waals surface area (Å²) in [5, 5.41) is 3.62. The minimum atomic E-state index is -0.536. The molecule has 0 saturated heterocycles. The van der Waals surface area contributed by atoms with Gasteiger partial charge in [-0.15, -0.1) is 0 Å². The lowest BCUT2D eigenvalue weighted by Crippen LogP contribution is -2.37. The van der Waals surface area contributed by atoms with Crippen molar-refractivity contribution in [2.24, 2.45) is 0 Å². The van der Waals surface area contributed by atoms with Crippen molar-refractivity contribution in [2.75, 3.05) is 6.54 Å². The maximum atomic E-state index is 12.2. The predicted molar refractivity (Wildman–Crippen MR) is 103 cm³/mol. The molecule has 0 aliphatic rings. The van der Waals surface area contributed by atoms with Crippen molar-refractivity contribution in [3.63, 3.8) is 0 Å². The predicted octanol–water partition coefficient (Wildman–Crippen LogP) is 4.76. The number of nitrogens with one attached hydrogen (secondary N) is 1. The molecule has 2 aromatic rings. The van der Waals surface area contributed by atoms with Gasteiger partial charge in [0.2, 0.25) is 0 Å². The molecule has 0 unspecified atom stereocenters. The maximum absolute atomic E-state index is 12.2. The molecule has 1 atom stereocenters. The van der Waals surface area contributed by atoms with Gasteiger partial charge in [-0.1, -0.05) is 56.6 Å². The fourth-order valence-electron chi connectivity index (χ4n) is 2.42. The minimum Gasteiger partial charge on any atom is -0.481 e. The van der Waals surface area contributed by atoms with E-state index in [1.807, 2.05) is 48.5 Å². The van der Waals surface area contributed by atoms with Crippen LogP contribution in [0.25, 0.3) is 0 Å². The summed E-state index contributed by atoms with van der Waals surface area (Å²) >= 11 is 5.86. The Hall–Kier alpha value is -2.00. The Bertz CT molecular complexity index is 687. The van der Waals surface area contributed by atoms with Gasteiger partial charge in [0.25, 0.3) is 5.91 Å². The fourth-order valence-corrected chi connectivity index (χ4v) is 2.54. The lowest BCUT2D eigenvalue weighted by Gasteiger charge is -2.20. The monoisotopic (exact) mass is 359 g/mol. The lowest BCUT2D eigenvalue weighted by atomic mass is 9.87. The van der Waals surface area contributed by atoms with Crippen molar-refractivity contribution in [2.45, 2.75) is 45.6 Å². The lowest BCUT2D eigenvalue weighted by molar-refractivity contribution is -0.127. The van der Waals surface area contributed by atoms with Crippen LogP contribution in [0.5, 0.6) is 5.75 Å². The quantitative estimate of drug-likeness (QED) is 0.807. The first-order valence-electron chi connectivity index (χ1n) is 8.55. The molecule has 2 aromatic carbocycles. The summed E-state index contributed by atoms with van der Waals surface area (Å²) in [6, 6.07) is 15.5. The van der Waals surface area contributed by atoms with Crippen molar-refractivity contribution < 1.29 is 9.53 Å². The zero-order chi connectivity index (χ0) is 18.4. The van der Waals surface area contributed by atoms with Crippen molar-refractivity contribution >= 4 is 17.5 Å². The van der Waals surface area contributed by atoms with E-state index in [0.717, 1.165) is 12.0 Å². The maximum Gasteiger partial charge on any atom is 0.260 e. The van der Waals surface area contributed by atoms with E-state index < -0.39 is 6.10 Å². The van der Waals surface area contributed by atoms with Crippen LogP contribution < -0.4 is 10.1 Å². The van der Waals surface area contributed by atoms with E-state index in [-0.39, 0.29) is 11.3 Å². The average molecular weight is 360 g/mol. The number of halogens is 1. The first-order valence-corrected chi connectivity index (χ1v) is 8.93. The summed E-state index contributed by atoms with van der Waals surface area (Å²) in [6.07, 6.45) is 0.223. The van der Waals surface area contributed by atoms with Crippen LogP contribution in [0.1, 0.15) is 38.8 Å². The van der Waals surface area contributed by atoms with Gasteiger partial charge in [-0.05, 0) is 54.2 Å². The van der Waals surface area contributed by atoms with Gasteiger partial charge >= 0.3 is 0 Å². The zero-order valence-corrected chi connectivity index (χ0v) is 16.1. The van der Waals surface area contributed by atoms with Gasteiger partial charge < -0.3 is 10.1 Å². The number of carbonyl (C=O) groups is 1. The van der Waals surface area contributed by atoms with Crippen LogP contribution in [0, 0.1) is 0 Å². The second kappa shape index (κ2) is 8.39. The van der Waals surface area contributed by atoms with Gasteiger partial charge in [-0.25, -0.2) is 0 Å². The molecule has 2 rings (SSSR count). The smallest absolute Gasteiger partial charge is 0.260 e. The normalized spacial score (nSPS) is 12.5. The number of amides is 1. The third-order valence-corrected chi connectivity index (χ3v) is 4.28. The number of hydrogen-bond acceptors (Lipinski definition) is 2. The molecule has 4 heteroatoms. The second-order valence-corrected chi connectivity index (χ2v) is 7.64. The molecule has 0 fully saturated rings. The molecule has 0 aromatic heterocycles. The van der Waals surface area contributed by atoms with Crippen LogP contribution in [-0.4, -0.2) is 18.6 Å². The average Bonchev–Trinajstić information content (AvgIpc) is 2.56. The van der Waals surface area contributed by atoms with Gasteiger partial charge in [0.15, 0.2) is 6.10 Å². The highest BCUT2D eigenvalue weighted by atomic mass is 35.5. The summed E-state index contributed by atoms with van der Waals surface area (Å²) < 4.78 is 5.73. The number of carbonyl (C=O) groups excluding carboxylic acids is 1. The summed E-state index contributed by atoms with van der Waals surface area (Å²) in [6.45, 7) is 8.82. The molecule has 1 N–H and O–H groups in total. The highest BCUT2D eigenvalue weighted by molar-refractivity contribution is 6.30. The summed E-state index contributed by atoms with van der Waals surface area (Å²) in [7, 11) is 0. The largest absolute Gasteiger partial charge is 0.481 e. The Morgan fingerprint density at radius 3 is 2.24 bits per heavy atom. The number of hydrogen-bond donors (Lipinski definition) is 1. The molecule has 134 valence electrons. The van der Waals surface area contributed by atoms with E-state index in [1.165, 1.54) is 5.56 Å². The van der Waals surface area contributed by atoms with E-state index in [9.17, 15) is 4.79 Å². The highest BCUT2D eigenvalue weighted by Gasteiger charge is 2.16. The molecule has 1 amide bonds. The topological polar surface area (TPSA) is 38.3 Å². The zero-order valence-electron chi connectivity index (χ0n) is 15.3. The fraction of sp³-hybridized carbons (Fsp3) is 0.381. The third kappa shape index (κ3) is 6.09. The number of benzene rings is 2. The molecule has 0 saturated carbocycles. The SMILES string of the molecule is C[C@H](Oc1ccc(C(C)(C)C)cc1)C(=O)NCCc1ccc(Cl)cc1. The molecule has 0 bridgehead atoms. The Morgan fingerprint density at radius 1 is 1.08 bits per heavy atom. The van der Waals surface area contributed by atoms with Gasteiger partial charge in [0.1, 0.15) is 5.75 Å². The number of ether oxygens (including phenoxy) is 1. The van der Waals surface area contributed by atoms with Crippen LogP contribution in [0.2, 0.25) is 5.02 Å². The van der Waals surface area contributed by atoms with E-state index in [4.69, 9.17) is 16.3 Å². The molecule has 25 heavy (non-hydrogen) atoms. The van der Waals surface area contributed by atoms with Crippen molar-refractivity contribution in [1.29, 1.82) is 0 Å². The van der Waals surface area contributed by atoms with Gasteiger partial charge in [-0.3, -0.25) is 4.79 Å². The Morgan fingerprint density at radius 2 is 1.68 bits per heavy atom. The van der Waals surface area contributed by atoms with Crippen molar-refractivity contribution in [3.8, 4) is 5.75 Å². The Balaban J connectivity index is 1.80. The summed E-state index contributed by atoms with van der Waals surface area (Å²) in [5.74, 6) is 0.585. The summed E-state index contributed by atoms with van der Waals surface area (Å²) in [4.78, 5) is 12.2. The van der Waals surface area contributed by atoms with Crippen LogP contribution in [0.3, 0.4) is 0 Å². The summed E-state index contributed by atoms with van der Waals surface area (Å²) in [5.41, 5.74) is 2.47.